The van der Waals surface area contributed by atoms with E-state index in [1.54, 1.807) is 0 Å². The van der Waals surface area contributed by atoms with Crippen molar-refractivity contribution in [3.63, 3.8) is 0 Å². The Morgan fingerprint density at radius 3 is 2.37 bits per heavy atom. The van der Waals surface area contributed by atoms with Crippen molar-refractivity contribution in [3.8, 4) is 0 Å². The normalized spacial score (nSPS) is 13.6. The molecule has 0 saturated heterocycles. The van der Waals surface area contributed by atoms with Crippen LogP contribution in [0.15, 0.2) is 12.1 Å². The van der Waals surface area contributed by atoms with Crippen molar-refractivity contribution in [1.82, 2.24) is 5.32 Å². The molecule has 0 fully saturated rings. The number of hydrogen-bond acceptors (Lipinski definition) is 1. The molecule has 1 nitrogen and oxygen atoms in total. The van der Waals surface area contributed by atoms with Crippen molar-refractivity contribution in [3.05, 3.63) is 35.1 Å². The summed E-state index contributed by atoms with van der Waals surface area (Å²) in [5, 5.41) is 3.31. The summed E-state index contributed by atoms with van der Waals surface area (Å²) < 4.78 is 40.1. The predicted octanol–water partition coefficient (Wildman–Crippen LogP) is 4.16. The van der Waals surface area contributed by atoms with Gasteiger partial charge < -0.3 is 5.32 Å². The van der Waals surface area contributed by atoms with E-state index in [0.717, 1.165) is 19.0 Å². The first-order valence-corrected chi connectivity index (χ1v) is 6.67. The van der Waals surface area contributed by atoms with Crippen LogP contribution in [0, 0.1) is 17.5 Å². The Balaban J connectivity index is 2.91. The Morgan fingerprint density at radius 2 is 1.79 bits per heavy atom. The van der Waals surface area contributed by atoms with Gasteiger partial charge in [-0.15, -0.1) is 0 Å². The molecular formula is C15H22F3N. The summed E-state index contributed by atoms with van der Waals surface area (Å²) >= 11 is 0. The number of rotatable bonds is 6. The fourth-order valence-corrected chi connectivity index (χ4v) is 2.39. The van der Waals surface area contributed by atoms with Crippen LogP contribution >= 0.6 is 0 Å². The molecule has 0 aliphatic rings. The summed E-state index contributed by atoms with van der Waals surface area (Å²) in [6.07, 6.45) is 1.67. The van der Waals surface area contributed by atoms with Crippen LogP contribution in [0.2, 0.25) is 0 Å². The minimum Gasteiger partial charge on any atom is -0.314 e. The lowest BCUT2D eigenvalue weighted by Crippen LogP contribution is -2.34. The van der Waals surface area contributed by atoms with E-state index in [4.69, 9.17) is 0 Å². The largest absolute Gasteiger partial charge is 0.314 e. The summed E-state index contributed by atoms with van der Waals surface area (Å²) in [4.78, 5) is 0. The monoisotopic (exact) mass is 273 g/mol. The van der Waals surface area contributed by atoms with E-state index in [0.29, 0.717) is 6.42 Å². The van der Waals surface area contributed by atoms with E-state index in [1.807, 2.05) is 20.8 Å². The van der Waals surface area contributed by atoms with Gasteiger partial charge in [0.05, 0.1) is 0 Å². The molecule has 108 valence electrons. The average molecular weight is 273 g/mol. The Labute approximate surface area is 113 Å². The van der Waals surface area contributed by atoms with Gasteiger partial charge in [0, 0.05) is 6.04 Å². The maximum atomic E-state index is 13.8. The quantitative estimate of drug-likeness (QED) is 0.767. The van der Waals surface area contributed by atoms with Crippen LogP contribution in [0.1, 0.15) is 46.1 Å². The number of nitrogens with one attached hydrogen (secondary N) is 1. The summed E-state index contributed by atoms with van der Waals surface area (Å²) in [7, 11) is 0. The molecule has 0 aromatic heterocycles. The highest BCUT2D eigenvalue weighted by Gasteiger charge is 2.28. The second-order valence-corrected chi connectivity index (χ2v) is 5.67. The summed E-state index contributed by atoms with van der Waals surface area (Å²) in [6.45, 7) is 8.65. The molecule has 0 saturated carbocycles. The van der Waals surface area contributed by atoms with Crippen LogP contribution in [0.4, 0.5) is 13.2 Å². The van der Waals surface area contributed by atoms with Gasteiger partial charge in [0.1, 0.15) is 0 Å². The third-order valence-electron chi connectivity index (χ3n) is 3.32. The first-order chi connectivity index (χ1) is 8.79. The maximum Gasteiger partial charge on any atom is 0.194 e. The molecule has 1 aromatic carbocycles. The Bertz CT molecular complexity index is 430. The van der Waals surface area contributed by atoms with Gasteiger partial charge in [0.2, 0.25) is 0 Å². The Hall–Kier alpha value is -1.03. The lowest BCUT2D eigenvalue weighted by Gasteiger charge is -2.29. The minimum atomic E-state index is -1.39. The second kappa shape index (κ2) is 6.42. The Morgan fingerprint density at radius 1 is 1.16 bits per heavy atom. The highest BCUT2D eigenvalue weighted by atomic mass is 19.2. The number of benzene rings is 1. The van der Waals surface area contributed by atoms with Gasteiger partial charge in [0.25, 0.3) is 0 Å². The van der Waals surface area contributed by atoms with Crippen molar-refractivity contribution in [1.29, 1.82) is 0 Å². The van der Waals surface area contributed by atoms with Crippen molar-refractivity contribution in [2.24, 2.45) is 0 Å². The molecular weight excluding hydrogens is 251 g/mol. The first-order valence-electron chi connectivity index (χ1n) is 6.67. The fourth-order valence-electron chi connectivity index (χ4n) is 2.39. The van der Waals surface area contributed by atoms with Crippen LogP contribution in [0.3, 0.4) is 0 Å². The molecule has 4 heteroatoms. The summed E-state index contributed by atoms with van der Waals surface area (Å²) in [5.74, 6) is -3.61. The van der Waals surface area contributed by atoms with Crippen LogP contribution in [0.5, 0.6) is 0 Å². The third-order valence-corrected chi connectivity index (χ3v) is 3.32. The molecule has 0 heterocycles. The fraction of sp³-hybridized carbons (Fsp3) is 0.600. The van der Waals surface area contributed by atoms with E-state index >= 15 is 0 Å². The van der Waals surface area contributed by atoms with E-state index in [2.05, 4.69) is 12.2 Å². The second-order valence-electron chi connectivity index (χ2n) is 5.67. The molecule has 1 unspecified atom stereocenters. The van der Waals surface area contributed by atoms with E-state index in [1.165, 1.54) is 6.07 Å². The SMILES string of the molecule is CCCNC(C)CC(C)(C)c1ccc(F)c(F)c1F. The molecule has 1 rings (SSSR count). The predicted molar refractivity (Wildman–Crippen MR) is 71.7 cm³/mol. The highest BCUT2D eigenvalue weighted by molar-refractivity contribution is 5.27. The summed E-state index contributed by atoms with van der Waals surface area (Å²) in [5.41, 5.74) is -0.338. The smallest absolute Gasteiger partial charge is 0.194 e. The molecule has 0 spiro atoms. The number of hydrogen-bond donors (Lipinski definition) is 1. The number of halogens is 3. The molecule has 0 aliphatic carbocycles. The van der Waals surface area contributed by atoms with Crippen molar-refractivity contribution >= 4 is 0 Å². The maximum absolute atomic E-state index is 13.8. The van der Waals surface area contributed by atoms with Crippen molar-refractivity contribution in [2.45, 2.75) is 52.0 Å². The van der Waals surface area contributed by atoms with Gasteiger partial charge in [0.15, 0.2) is 17.5 Å². The zero-order chi connectivity index (χ0) is 14.6. The average Bonchev–Trinajstić information content (AvgIpc) is 2.32. The lowest BCUT2D eigenvalue weighted by molar-refractivity contribution is 0.363. The first kappa shape index (κ1) is 16.0. The van der Waals surface area contributed by atoms with Gasteiger partial charge >= 0.3 is 0 Å². The zero-order valence-electron chi connectivity index (χ0n) is 12.0. The Kier molecular flexibility index (Phi) is 5.41. The zero-order valence-corrected chi connectivity index (χ0v) is 12.0. The topological polar surface area (TPSA) is 12.0 Å². The molecule has 1 atom stereocenters. The van der Waals surface area contributed by atoms with E-state index in [9.17, 15) is 13.2 Å². The third kappa shape index (κ3) is 3.96. The van der Waals surface area contributed by atoms with Crippen molar-refractivity contribution < 1.29 is 13.2 Å². The molecule has 1 aromatic rings. The summed E-state index contributed by atoms with van der Waals surface area (Å²) in [6, 6.07) is 2.50. The van der Waals surface area contributed by atoms with Crippen molar-refractivity contribution in [2.75, 3.05) is 6.54 Å². The van der Waals surface area contributed by atoms with Gasteiger partial charge in [-0.3, -0.25) is 0 Å². The van der Waals surface area contributed by atoms with Gasteiger partial charge in [-0.1, -0.05) is 26.8 Å². The van der Waals surface area contributed by atoms with Gasteiger partial charge in [-0.2, -0.15) is 0 Å². The molecule has 0 aliphatic heterocycles. The van der Waals surface area contributed by atoms with Crippen LogP contribution in [-0.4, -0.2) is 12.6 Å². The molecule has 0 amide bonds. The minimum absolute atomic E-state index is 0.183. The van der Waals surface area contributed by atoms with E-state index < -0.39 is 22.9 Å². The van der Waals surface area contributed by atoms with Crippen LogP contribution in [-0.2, 0) is 5.41 Å². The van der Waals surface area contributed by atoms with E-state index in [-0.39, 0.29) is 11.6 Å². The molecule has 19 heavy (non-hydrogen) atoms. The van der Waals surface area contributed by atoms with Crippen LogP contribution in [0.25, 0.3) is 0 Å². The van der Waals surface area contributed by atoms with Gasteiger partial charge in [-0.25, -0.2) is 13.2 Å². The highest BCUT2D eigenvalue weighted by Crippen LogP contribution is 2.32. The van der Waals surface area contributed by atoms with Gasteiger partial charge in [-0.05, 0) is 43.4 Å². The van der Waals surface area contributed by atoms with Crippen LogP contribution < -0.4 is 5.32 Å². The molecule has 0 bridgehead atoms. The lowest BCUT2D eigenvalue weighted by atomic mass is 9.79. The standard InChI is InChI=1S/C15H22F3N/c1-5-8-19-10(2)9-15(3,4)11-6-7-12(16)14(18)13(11)17/h6-7,10,19H,5,8-9H2,1-4H3. The molecule has 1 N–H and O–H groups in total. The molecule has 0 radical (unpaired) electrons.